The first-order chi connectivity index (χ1) is 4.60. The van der Waals surface area contributed by atoms with E-state index in [2.05, 4.69) is 37.9 Å². The van der Waals surface area contributed by atoms with Crippen molar-refractivity contribution in [2.75, 3.05) is 0 Å². The Morgan fingerprint density at radius 1 is 1.40 bits per heavy atom. The highest BCUT2D eigenvalue weighted by Gasteiger charge is 2.11. The van der Waals surface area contributed by atoms with Crippen LogP contribution >= 0.6 is 0 Å². The maximum Gasteiger partial charge on any atom is 0.0737 e. The number of hydrogen-bond acceptors (Lipinski definition) is 1. The SMILES string of the molecule is CC1=CC(C)(C)N=CC=C1. The van der Waals surface area contributed by atoms with E-state index in [9.17, 15) is 0 Å². The molecule has 1 heterocycles. The molecule has 0 aromatic carbocycles. The van der Waals surface area contributed by atoms with Crippen LogP contribution in [0.1, 0.15) is 20.8 Å². The zero-order valence-corrected chi connectivity index (χ0v) is 6.76. The zero-order chi connectivity index (χ0) is 7.61. The summed E-state index contributed by atoms with van der Waals surface area (Å²) in [6.45, 7) is 6.28. The lowest BCUT2D eigenvalue weighted by molar-refractivity contribution is 0.659. The second-order valence-corrected chi connectivity index (χ2v) is 3.18. The van der Waals surface area contributed by atoms with Gasteiger partial charge in [0, 0.05) is 6.21 Å². The van der Waals surface area contributed by atoms with E-state index in [4.69, 9.17) is 0 Å². The molecule has 1 nitrogen and oxygen atoms in total. The van der Waals surface area contributed by atoms with E-state index in [1.807, 2.05) is 12.3 Å². The van der Waals surface area contributed by atoms with Crippen LogP contribution in [0.3, 0.4) is 0 Å². The van der Waals surface area contributed by atoms with Crippen molar-refractivity contribution in [3.8, 4) is 0 Å². The van der Waals surface area contributed by atoms with Crippen LogP contribution in [0.15, 0.2) is 28.8 Å². The average Bonchev–Trinajstić information content (AvgIpc) is 1.90. The Kier molecular flexibility index (Phi) is 1.75. The maximum absolute atomic E-state index is 4.32. The lowest BCUT2D eigenvalue weighted by Crippen LogP contribution is -2.11. The van der Waals surface area contributed by atoms with Gasteiger partial charge < -0.3 is 0 Å². The van der Waals surface area contributed by atoms with Gasteiger partial charge in [0.1, 0.15) is 0 Å². The van der Waals surface area contributed by atoms with Crippen LogP contribution in [0.5, 0.6) is 0 Å². The molecule has 0 fully saturated rings. The Bertz CT molecular complexity index is 207. The smallest absolute Gasteiger partial charge is 0.0737 e. The average molecular weight is 135 g/mol. The Morgan fingerprint density at radius 3 is 2.80 bits per heavy atom. The van der Waals surface area contributed by atoms with E-state index in [0.29, 0.717) is 0 Å². The van der Waals surface area contributed by atoms with Gasteiger partial charge in [0.15, 0.2) is 0 Å². The first kappa shape index (κ1) is 7.26. The number of allylic oxidation sites excluding steroid dienone is 3. The summed E-state index contributed by atoms with van der Waals surface area (Å²) in [5, 5.41) is 0. The number of hydrogen-bond donors (Lipinski definition) is 0. The van der Waals surface area contributed by atoms with Gasteiger partial charge in [-0.25, -0.2) is 0 Å². The van der Waals surface area contributed by atoms with E-state index in [0.717, 1.165) is 0 Å². The third-order valence-corrected chi connectivity index (χ3v) is 1.43. The predicted octanol–water partition coefficient (Wildman–Crippen LogP) is 2.35. The highest BCUT2D eigenvalue weighted by Crippen LogP contribution is 2.15. The van der Waals surface area contributed by atoms with Crippen LogP contribution in [-0.2, 0) is 0 Å². The Hall–Kier alpha value is -0.850. The van der Waals surface area contributed by atoms with Crippen molar-refractivity contribution in [3.05, 3.63) is 23.8 Å². The van der Waals surface area contributed by atoms with Crippen LogP contribution < -0.4 is 0 Å². The second-order valence-electron chi connectivity index (χ2n) is 3.18. The molecule has 1 rings (SSSR count). The first-order valence-corrected chi connectivity index (χ1v) is 3.51. The van der Waals surface area contributed by atoms with Gasteiger partial charge in [-0.3, -0.25) is 4.99 Å². The van der Waals surface area contributed by atoms with Crippen molar-refractivity contribution < 1.29 is 0 Å². The Balaban J connectivity index is 2.93. The molecule has 0 aliphatic carbocycles. The molecule has 1 aliphatic heterocycles. The molecule has 0 saturated heterocycles. The molecule has 0 spiro atoms. The molecule has 0 saturated carbocycles. The molecule has 0 unspecified atom stereocenters. The van der Waals surface area contributed by atoms with Crippen molar-refractivity contribution >= 4 is 6.21 Å². The summed E-state index contributed by atoms with van der Waals surface area (Å²) in [6.07, 6.45) is 8.05. The summed E-state index contributed by atoms with van der Waals surface area (Å²) in [4.78, 5) is 4.32. The fourth-order valence-corrected chi connectivity index (χ4v) is 1.07. The summed E-state index contributed by atoms with van der Waals surface area (Å²) in [6, 6.07) is 0. The number of nitrogens with zero attached hydrogens (tertiary/aromatic N) is 1. The van der Waals surface area contributed by atoms with Gasteiger partial charge in [-0.1, -0.05) is 17.7 Å². The molecule has 54 valence electrons. The largest absolute Gasteiger partial charge is 0.283 e. The topological polar surface area (TPSA) is 12.4 Å². The summed E-state index contributed by atoms with van der Waals surface area (Å²) >= 11 is 0. The summed E-state index contributed by atoms with van der Waals surface area (Å²) in [5.41, 5.74) is 1.26. The van der Waals surface area contributed by atoms with E-state index >= 15 is 0 Å². The minimum absolute atomic E-state index is 0.0203. The second kappa shape index (κ2) is 2.41. The van der Waals surface area contributed by atoms with E-state index in [1.165, 1.54) is 5.57 Å². The van der Waals surface area contributed by atoms with Crippen LogP contribution in [0.2, 0.25) is 0 Å². The summed E-state index contributed by atoms with van der Waals surface area (Å²) < 4.78 is 0. The van der Waals surface area contributed by atoms with Gasteiger partial charge in [0.2, 0.25) is 0 Å². The zero-order valence-electron chi connectivity index (χ0n) is 6.76. The lowest BCUT2D eigenvalue weighted by atomic mass is 10.0. The molecule has 0 amide bonds. The van der Waals surface area contributed by atoms with Crippen molar-refractivity contribution in [3.63, 3.8) is 0 Å². The normalized spacial score (nSPS) is 22.1. The van der Waals surface area contributed by atoms with Crippen LogP contribution in [0.25, 0.3) is 0 Å². The third-order valence-electron chi connectivity index (χ3n) is 1.43. The minimum Gasteiger partial charge on any atom is -0.283 e. The fourth-order valence-electron chi connectivity index (χ4n) is 1.07. The van der Waals surface area contributed by atoms with Gasteiger partial charge >= 0.3 is 0 Å². The molecule has 0 aromatic heterocycles. The van der Waals surface area contributed by atoms with Gasteiger partial charge in [-0.2, -0.15) is 0 Å². The van der Waals surface area contributed by atoms with Crippen LogP contribution in [0.4, 0.5) is 0 Å². The summed E-state index contributed by atoms with van der Waals surface area (Å²) in [5.74, 6) is 0. The monoisotopic (exact) mass is 135 g/mol. The van der Waals surface area contributed by atoms with Gasteiger partial charge in [-0.05, 0) is 26.8 Å². The number of aliphatic imine (C=N–C) groups is 1. The molecule has 0 bridgehead atoms. The van der Waals surface area contributed by atoms with E-state index < -0.39 is 0 Å². The van der Waals surface area contributed by atoms with Gasteiger partial charge in [0.25, 0.3) is 0 Å². The highest BCUT2D eigenvalue weighted by molar-refractivity contribution is 5.73. The fraction of sp³-hybridized carbons (Fsp3) is 0.444. The molecule has 1 aliphatic rings. The molecular formula is C9H13N. The Labute approximate surface area is 62.2 Å². The molecule has 1 heteroatoms. The van der Waals surface area contributed by atoms with Crippen molar-refractivity contribution in [1.29, 1.82) is 0 Å². The standard InChI is InChI=1S/C9H13N/c1-8-5-4-6-10-9(2,3)7-8/h4-7H,1-3H3. The maximum atomic E-state index is 4.32. The molecule has 0 N–H and O–H groups in total. The van der Waals surface area contributed by atoms with Crippen molar-refractivity contribution in [2.45, 2.75) is 26.3 Å². The molecule has 0 atom stereocenters. The van der Waals surface area contributed by atoms with E-state index in [1.54, 1.807) is 0 Å². The van der Waals surface area contributed by atoms with Gasteiger partial charge in [-0.15, -0.1) is 0 Å². The van der Waals surface area contributed by atoms with Gasteiger partial charge in [0.05, 0.1) is 5.54 Å². The summed E-state index contributed by atoms with van der Waals surface area (Å²) in [7, 11) is 0. The first-order valence-electron chi connectivity index (χ1n) is 3.51. The minimum atomic E-state index is -0.0203. The third kappa shape index (κ3) is 1.83. The predicted molar refractivity (Wildman–Crippen MR) is 45.5 cm³/mol. The molecule has 0 aromatic rings. The van der Waals surface area contributed by atoms with E-state index in [-0.39, 0.29) is 5.54 Å². The van der Waals surface area contributed by atoms with Crippen molar-refractivity contribution in [1.82, 2.24) is 0 Å². The van der Waals surface area contributed by atoms with Crippen LogP contribution in [0, 0.1) is 0 Å². The van der Waals surface area contributed by atoms with Crippen molar-refractivity contribution in [2.24, 2.45) is 4.99 Å². The van der Waals surface area contributed by atoms with Crippen LogP contribution in [-0.4, -0.2) is 11.8 Å². The number of rotatable bonds is 0. The molecule has 0 radical (unpaired) electrons. The molecule has 10 heavy (non-hydrogen) atoms. The lowest BCUT2D eigenvalue weighted by Gasteiger charge is -2.12. The Morgan fingerprint density at radius 2 is 2.10 bits per heavy atom. The quantitative estimate of drug-likeness (QED) is 0.483. The highest BCUT2D eigenvalue weighted by atomic mass is 14.8. The molecular weight excluding hydrogens is 122 g/mol.